The molecule has 8 heteroatoms. The summed E-state index contributed by atoms with van der Waals surface area (Å²) in [6.45, 7) is 5.81. The highest BCUT2D eigenvalue weighted by atomic mass is 35.5. The van der Waals surface area contributed by atoms with E-state index in [0.29, 0.717) is 12.1 Å². The van der Waals surface area contributed by atoms with Crippen molar-refractivity contribution in [2.24, 2.45) is 5.92 Å². The average Bonchev–Trinajstić information content (AvgIpc) is 2.43. The van der Waals surface area contributed by atoms with Crippen molar-refractivity contribution >= 4 is 40.9 Å². The van der Waals surface area contributed by atoms with Gasteiger partial charge in [-0.1, -0.05) is 37.0 Å². The lowest BCUT2D eigenvalue weighted by atomic mass is 10.0. The number of carbonyl (C=O) groups is 2. The van der Waals surface area contributed by atoms with E-state index in [1.54, 1.807) is 6.92 Å². The van der Waals surface area contributed by atoms with Gasteiger partial charge in [-0.3, -0.25) is 0 Å². The maximum Gasteiger partial charge on any atom is 0.328 e. The number of halogens is 2. The maximum atomic E-state index is 12.0. The lowest BCUT2D eigenvalue weighted by Gasteiger charge is -2.19. The number of anilines is 1. The lowest BCUT2D eigenvalue weighted by Crippen LogP contribution is -2.44. The number of nitrogens with one attached hydrogen (secondary N) is 2. The van der Waals surface area contributed by atoms with Gasteiger partial charge in [0.2, 0.25) is 0 Å². The van der Waals surface area contributed by atoms with Gasteiger partial charge in [-0.05, 0) is 31.4 Å². The summed E-state index contributed by atoms with van der Waals surface area (Å²) in [5.74, 6) is -0.552. The molecule has 1 aromatic carbocycles. The van der Waals surface area contributed by atoms with Gasteiger partial charge in [-0.2, -0.15) is 0 Å². The molecule has 1 rings (SSSR count). The zero-order valence-corrected chi connectivity index (χ0v) is 14.7. The number of esters is 1. The molecule has 23 heavy (non-hydrogen) atoms. The number of benzene rings is 1. The van der Waals surface area contributed by atoms with Crippen molar-refractivity contribution in [3.8, 4) is 5.75 Å². The molecule has 0 heterocycles. The molecule has 0 bridgehead atoms. The highest BCUT2D eigenvalue weighted by molar-refractivity contribution is 6.37. The van der Waals surface area contributed by atoms with Crippen LogP contribution in [0.15, 0.2) is 12.1 Å². The van der Waals surface area contributed by atoms with Gasteiger partial charge in [0.15, 0.2) is 5.75 Å². The molecule has 128 valence electrons. The Morgan fingerprint density at radius 2 is 1.83 bits per heavy atom. The van der Waals surface area contributed by atoms with Crippen LogP contribution in [0.4, 0.5) is 10.5 Å². The normalized spacial score (nSPS) is 11.9. The average molecular weight is 363 g/mol. The Bertz CT molecular complexity index is 556. The minimum Gasteiger partial charge on any atom is -0.505 e. The molecule has 0 spiro atoms. The van der Waals surface area contributed by atoms with Crippen LogP contribution in [0.5, 0.6) is 5.75 Å². The molecule has 0 aliphatic carbocycles. The van der Waals surface area contributed by atoms with Crippen molar-refractivity contribution in [2.75, 3.05) is 11.9 Å². The van der Waals surface area contributed by atoms with E-state index in [2.05, 4.69) is 10.6 Å². The van der Waals surface area contributed by atoms with Crippen LogP contribution < -0.4 is 10.6 Å². The van der Waals surface area contributed by atoms with Crippen molar-refractivity contribution in [3.63, 3.8) is 0 Å². The minimum atomic E-state index is -0.752. The van der Waals surface area contributed by atoms with Crippen molar-refractivity contribution in [2.45, 2.75) is 33.2 Å². The molecule has 2 amide bonds. The van der Waals surface area contributed by atoms with Crippen LogP contribution >= 0.6 is 23.2 Å². The summed E-state index contributed by atoms with van der Waals surface area (Å²) in [5.41, 5.74) is 0.294. The quantitative estimate of drug-likeness (QED) is 0.530. The molecule has 0 saturated heterocycles. The van der Waals surface area contributed by atoms with Crippen molar-refractivity contribution < 1.29 is 19.4 Å². The van der Waals surface area contributed by atoms with E-state index in [1.807, 2.05) is 13.8 Å². The fraction of sp³-hybridized carbons (Fsp3) is 0.467. The van der Waals surface area contributed by atoms with Crippen molar-refractivity contribution in [3.05, 3.63) is 22.2 Å². The Kier molecular flexibility index (Phi) is 7.45. The monoisotopic (exact) mass is 362 g/mol. The molecule has 1 atom stereocenters. The molecule has 3 N–H and O–H groups in total. The number of phenols is 1. The molecule has 1 aromatic rings. The summed E-state index contributed by atoms with van der Waals surface area (Å²) in [6.07, 6.45) is 0.448. The number of rotatable bonds is 6. The number of urea groups is 1. The van der Waals surface area contributed by atoms with Crippen molar-refractivity contribution in [1.29, 1.82) is 0 Å². The second-order valence-corrected chi connectivity index (χ2v) is 6.14. The smallest absolute Gasteiger partial charge is 0.328 e. The molecule has 0 aliphatic rings. The van der Waals surface area contributed by atoms with Gasteiger partial charge in [-0.15, -0.1) is 0 Å². The third kappa shape index (κ3) is 6.15. The van der Waals surface area contributed by atoms with E-state index in [9.17, 15) is 14.7 Å². The summed E-state index contributed by atoms with van der Waals surface area (Å²) in [4.78, 5) is 23.9. The Morgan fingerprint density at radius 1 is 1.26 bits per heavy atom. The predicted molar refractivity (Wildman–Crippen MR) is 90.2 cm³/mol. The summed E-state index contributed by atoms with van der Waals surface area (Å²) in [7, 11) is 0. The van der Waals surface area contributed by atoms with Gasteiger partial charge in [0.05, 0.1) is 16.7 Å². The largest absolute Gasteiger partial charge is 0.505 e. The van der Waals surface area contributed by atoms with Crippen LogP contribution in [0.2, 0.25) is 10.0 Å². The fourth-order valence-corrected chi connectivity index (χ4v) is 2.38. The van der Waals surface area contributed by atoms with E-state index in [0.717, 1.165) is 0 Å². The van der Waals surface area contributed by atoms with E-state index in [-0.39, 0.29) is 28.3 Å². The second-order valence-electron chi connectivity index (χ2n) is 5.32. The molecule has 0 unspecified atom stereocenters. The van der Waals surface area contributed by atoms with Crippen LogP contribution in [-0.2, 0) is 9.53 Å². The first-order chi connectivity index (χ1) is 10.7. The van der Waals surface area contributed by atoms with Crippen LogP contribution in [0.3, 0.4) is 0 Å². The van der Waals surface area contributed by atoms with Gasteiger partial charge in [0.1, 0.15) is 6.04 Å². The second kappa shape index (κ2) is 8.84. The minimum absolute atomic E-state index is 0.0110. The van der Waals surface area contributed by atoms with Crippen LogP contribution in [0.25, 0.3) is 0 Å². The number of hydrogen-bond acceptors (Lipinski definition) is 4. The standard InChI is InChI=1S/C15H20Cl2N2O4/c1-4-23-14(21)12(5-8(2)3)19-15(22)18-9-6-10(16)13(20)11(17)7-9/h6-8,12,20H,4-5H2,1-3H3,(H2,18,19,22)/t12-/m0/s1. The lowest BCUT2D eigenvalue weighted by molar-refractivity contribution is -0.145. The first-order valence-electron chi connectivity index (χ1n) is 7.16. The van der Waals surface area contributed by atoms with Crippen molar-refractivity contribution in [1.82, 2.24) is 5.32 Å². The summed E-state index contributed by atoms with van der Waals surface area (Å²) in [5, 5.41) is 14.6. The first kappa shape index (κ1) is 19.4. The van der Waals surface area contributed by atoms with E-state index >= 15 is 0 Å². The molecule has 6 nitrogen and oxygen atoms in total. The fourth-order valence-electron chi connectivity index (χ4n) is 1.89. The Morgan fingerprint density at radius 3 is 2.30 bits per heavy atom. The van der Waals surface area contributed by atoms with Crippen LogP contribution in [0.1, 0.15) is 27.2 Å². The molecule has 0 aromatic heterocycles. The number of phenolic OH excluding ortho intramolecular Hbond substituents is 1. The molecule has 0 radical (unpaired) electrons. The van der Waals surface area contributed by atoms with E-state index in [4.69, 9.17) is 27.9 Å². The van der Waals surface area contributed by atoms with Gasteiger partial charge in [-0.25, -0.2) is 9.59 Å². The van der Waals surface area contributed by atoms with Gasteiger partial charge >= 0.3 is 12.0 Å². The Balaban J connectivity index is 2.77. The van der Waals surface area contributed by atoms with Gasteiger partial charge in [0, 0.05) is 5.69 Å². The van der Waals surface area contributed by atoms with Gasteiger partial charge < -0.3 is 20.5 Å². The predicted octanol–water partition coefficient (Wildman–Crippen LogP) is 3.80. The number of carbonyl (C=O) groups excluding carboxylic acids is 2. The summed E-state index contributed by atoms with van der Waals surface area (Å²) < 4.78 is 4.95. The topological polar surface area (TPSA) is 87.7 Å². The molecular formula is C15H20Cl2N2O4. The number of hydrogen-bond donors (Lipinski definition) is 3. The SMILES string of the molecule is CCOC(=O)[C@H](CC(C)C)NC(=O)Nc1cc(Cl)c(O)c(Cl)c1. The Labute approximate surface area is 145 Å². The highest BCUT2D eigenvalue weighted by Crippen LogP contribution is 2.34. The van der Waals surface area contributed by atoms with E-state index < -0.39 is 18.0 Å². The van der Waals surface area contributed by atoms with Gasteiger partial charge in [0.25, 0.3) is 0 Å². The maximum absolute atomic E-state index is 12.0. The zero-order valence-electron chi connectivity index (χ0n) is 13.2. The first-order valence-corrected chi connectivity index (χ1v) is 7.92. The third-order valence-electron chi connectivity index (χ3n) is 2.86. The Hall–Kier alpha value is -1.66. The molecular weight excluding hydrogens is 343 g/mol. The third-order valence-corrected chi connectivity index (χ3v) is 3.43. The molecule has 0 saturated carbocycles. The van der Waals surface area contributed by atoms with Crippen LogP contribution in [0, 0.1) is 5.92 Å². The van der Waals surface area contributed by atoms with Crippen LogP contribution in [-0.4, -0.2) is 29.8 Å². The number of ether oxygens (including phenoxy) is 1. The summed E-state index contributed by atoms with van der Waals surface area (Å²) >= 11 is 11.6. The summed E-state index contributed by atoms with van der Waals surface area (Å²) in [6, 6.07) is 1.36. The molecule has 0 aliphatic heterocycles. The van der Waals surface area contributed by atoms with E-state index in [1.165, 1.54) is 12.1 Å². The highest BCUT2D eigenvalue weighted by Gasteiger charge is 2.23. The zero-order chi connectivity index (χ0) is 17.6. The number of amides is 2. The number of aromatic hydroxyl groups is 1. The molecule has 0 fully saturated rings.